The minimum absolute atomic E-state index is 0.0777. The Morgan fingerprint density at radius 2 is 2.50 bits per heavy atom. The molecule has 0 aliphatic carbocycles. The molecule has 0 aromatic carbocycles. The molecule has 1 fully saturated rings. The van der Waals surface area contributed by atoms with E-state index >= 15 is 0 Å². The third-order valence-electron chi connectivity index (χ3n) is 2.33. The molecule has 14 heavy (non-hydrogen) atoms. The number of amides is 1. The van der Waals surface area contributed by atoms with Gasteiger partial charge in [0.1, 0.15) is 0 Å². The highest BCUT2D eigenvalue weighted by molar-refractivity contribution is 5.92. The Hall–Kier alpha value is -1.43. The largest absolute Gasteiger partial charge is 0.336 e. The summed E-state index contributed by atoms with van der Waals surface area (Å²) in [7, 11) is 1.74. The lowest BCUT2D eigenvalue weighted by molar-refractivity contribution is 0.0785. The average molecular weight is 195 g/mol. The molecule has 2 rings (SSSR count). The van der Waals surface area contributed by atoms with E-state index in [1.807, 2.05) is 0 Å². The first kappa shape index (κ1) is 9.14. The smallest absolute Gasteiger partial charge is 0.276 e. The molecule has 0 saturated carbocycles. The van der Waals surface area contributed by atoms with Crippen LogP contribution in [0.25, 0.3) is 0 Å². The number of aromatic nitrogens is 3. The number of carbonyl (C=O) groups is 1. The molecule has 1 aromatic heterocycles. The van der Waals surface area contributed by atoms with Gasteiger partial charge in [0, 0.05) is 26.2 Å². The Balaban J connectivity index is 2.09. The first-order valence-electron chi connectivity index (χ1n) is 4.58. The first-order valence-corrected chi connectivity index (χ1v) is 4.58. The fourth-order valence-electron chi connectivity index (χ4n) is 1.58. The molecule has 1 atom stereocenters. The molecule has 1 amide bonds. The van der Waals surface area contributed by atoms with Crippen molar-refractivity contribution in [1.29, 1.82) is 0 Å². The van der Waals surface area contributed by atoms with E-state index in [-0.39, 0.29) is 11.9 Å². The second-order valence-corrected chi connectivity index (χ2v) is 3.58. The minimum Gasteiger partial charge on any atom is -0.336 e. The summed E-state index contributed by atoms with van der Waals surface area (Å²) >= 11 is 0. The molecule has 1 saturated heterocycles. The van der Waals surface area contributed by atoms with Gasteiger partial charge in [-0.3, -0.25) is 9.48 Å². The third kappa shape index (κ3) is 1.60. The number of rotatable bonds is 1. The van der Waals surface area contributed by atoms with Crippen molar-refractivity contribution >= 4 is 5.91 Å². The summed E-state index contributed by atoms with van der Waals surface area (Å²) in [6, 6.07) is 0.107. The van der Waals surface area contributed by atoms with Crippen molar-refractivity contribution in [3.05, 3.63) is 11.9 Å². The van der Waals surface area contributed by atoms with E-state index in [1.165, 1.54) is 4.68 Å². The zero-order chi connectivity index (χ0) is 10.1. The molecule has 0 radical (unpaired) electrons. The molecular formula is C8H13N5O. The Morgan fingerprint density at radius 1 is 1.71 bits per heavy atom. The van der Waals surface area contributed by atoms with Crippen LogP contribution in [0.2, 0.25) is 0 Å². The van der Waals surface area contributed by atoms with Gasteiger partial charge in [0.2, 0.25) is 0 Å². The number of carbonyl (C=O) groups excluding carboxylic acids is 1. The van der Waals surface area contributed by atoms with Crippen molar-refractivity contribution < 1.29 is 4.79 Å². The van der Waals surface area contributed by atoms with E-state index in [0.29, 0.717) is 12.2 Å². The van der Waals surface area contributed by atoms with Crippen molar-refractivity contribution in [2.24, 2.45) is 12.8 Å². The van der Waals surface area contributed by atoms with Crippen LogP contribution in [-0.2, 0) is 7.05 Å². The summed E-state index contributed by atoms with van der Waals surface area (Å²) in [5.41, 5.74) is 6.10. The lowest BCUT2D eigenvalue weighted by Gasteiger charge is -2.13. The quantitative estimate of drug-likeness (QED) is 0.622. The van der Waals surface area contributed by atoms with E-state index in [0.717, 1.165) is 13.0 Å². The van der Waals surface area contributed by atoms with Gasteiger partial charge >= 0.3 is 0 Å². The normalized spacial score (nSPS) is 21.6. The number of likely N-dealkylation sites (tertiary alicyclic amines) is 1. The van der Waals surface area contributed by atoms with Gasteiger partial charge < -0.3 is 10.6 Å². The van der Waals surface area contributed by atoms with Crippen LogP contribution in [0.3, 0.4) is 0 Å². The van der Waals surface area contributed by atoms with Gasteiger partial charge in [-0.05, 0) is 6.42 Å². The molecule has 6 nitrogen and oxygen atoms in total. The van der Waals surface area contributed by atoms with Crippen LogP contribution >= 0.6 is 0 Å². The van der Waals surface area contributed by atoms with Crippen molar-refractivity contribution in [2.75, 3.05) is 13.1 Å². The maximum absolute atomic E-state index is 11.8. The topological polar surface area (TPSA) is 77.0 Å². The number of nitrogens with zero attached hydrogens (tertiary/aromatic N) is 4. The lowest BCUT2D eigenvalue weighted by atomic mass is 10.3. The van der Waals surface area contributed by atoms with Crippen molar-refractivity contribution in [2.45, 2.75) is 12.5 Å². The Kier molecular flexibility index (Phi) is 2.20. The predicted octanol–water partition coefficient (Wildman–Crippen LogP) is -1.01. The standard InChI is InChI=1S/C8H13N5O/c1-12-5-7(10-11-12)8(14)13-3-2-6(9)4-13/h5-6H,2-4,9H2,1H3/t6-/m1/s1. The molecule has 0 bridgehead atoms. The zero-order valence-corrected chi connectivity index (χ0v) is 8.05. The molecule has 76 valence electrons. The van der Waals surface area contributed by atoms with Crippen LogP contribution in [0.5, 0.6) is 0 Å². The minimum atomic E-state index is -0.0777. The molecule has 2 N–H and O–H groups in total. The number of hydrogen-bond acceptors (Lipinski definition) is 4. The second kappa shape index (κ2) is 3.38. The van der Waals surface area contributed by atoms with Crippen LogP contribution in [0, 0.1) is 0 Å². The number of aryl methyl sites for hydroxylation is 1. The lowest BCUT2D eigenvalue weighted by Crippen LogP contribution is -2.32. The Labute approximate surface area is 81.7 Å². The van der Waals surface area contributed by atoms with E-state index in [9.17, 15) is 4.79 Å². The number of nitrogens with two attached hydrogens (primary N) is 1. The monoisotopic (exact) mass is 195 g/mol. The van der Waals surface area contributed by atoms with E-state index in [2.05, 4.69) is 10.3 Å². The van der Waals surface area contributed by atoms with Crippen LogP contribution in [0.15, 0.2) is 6.20 Å². The van der Waals surface area contributed by atoms with Gasteiger partial charge in [-0.25, -0.2) is 0 Å². The highest BCUT2D eigenvalue weighted by atomic mass is 16.2. The van der Waals surface area contributed by atoms with Gasteiger partial charge in [-0.2, -0.15) is 0 Å². The van der Waals surface area contributed by atoms with Gasteiger partial charge in [0.15, 0.2) is 5.69 Å². The molecule has 1 aliphatic heterocycles. The SMILES string of the molecule is Cn1cc(C(=O)N2CC[C@@H](N)C2)nn1. The van der Waals surface area contributed by atoms with Crippen LogP contribution in [0.4, 0.5) is 0 Å². The highest BCUT2D eigenvalue weighted by Gasteiger charge is 2.25. The molecule has 2 heterocycles. The van der Waals surface area contributed by atoms with E-state index in [1.54, 1.807) is 18.1 Å². The second-order valence-electron chi connectivity index (χ2n) is 3.58. The van der Waals surface area contributed by atoms with Gasteiger partial charge in [0.05, 0.1) is 6.20 Å². The fourth-order valence-corrected chi connectivity index (χ4v) is 1.58. The first-order chi connectivity index (χ1) is 6.66. The van der Waals surface area contributed by atoms with Crippen molar-refractivity contribution in [3.8, 4) is 0 Å². The van der Waals surface area contributed by atoms with Gasteiger partial charge in [-0.15, -0.1) is 5.10 Å². The maximum atomic E-state index is 11.8. The summed E-state index contributed by atoms with van der Waals surface area (Å²) in [4.78, 5) is 13.5. The maximum Gasteiger partial charge on any atom is 0.276 e. The van der Waals surface area contributed by atoms with Gasteiger partial charge in [0.25, 0.3) is 5.91 Å². The highest BCUT2D eigenvalue weighted by Crippen LogP contribution is 2.10. The molecule has 1 aromatic rings. The summed E-state index contributed by atoms with van der Waals surface area (Å²) < 4.78 is 1.52. The molecule has 0 spiro atoms. The Bertz CT molecular complexity index is 347. The van der Waals surface area contributed by atoms with Crippen LogP contribution in [0.1, 0.15) is 16.9 Å². The third-order valence-corrected chi connectivity index (χ3v) is 2.33. The van der Waals surface area contributed by atoms with Crippen LogP contribution in [-0.4, -0.2) is 44.9 Å². The summed E-state index contributed by atoms with van der Waals surface area (Å²) in [5, 5.41) is 7.48. The van der Waals surface area contributed by atoms with E-state index in [4.69, 9.17) is 5.73 Å². The molecule has 6 heteroatoms. The fraction of sp³-hybridized carbons (Fsp3) is 0.625. The van der Waals surface area contributed by atoms with Crippen molar-refractivity contribution in [3.63, 3.8) is 0 Å². The van der Waals surface area contributed by atoms with Crippen LogP contribution < -0.4 is 5.73 Å². The van der Waals surface area contributed by atoms with Crippen molar-refractivity contribution in [1.82, 2.24) is 19.9 Å². The zero-order valence-electron chi connectivity index (χ0n) is 8.05. The molecular weight excluding hydrogens is 182 g/mol. The summed E-state index contributed by atoms with van der Waals surface area (Å²) in [6.45, 7) is 1.34. The average Bonchev–Trinajstić information content (AvgIpc) is 2.73. The molecule has 1 aliphatic rings. The predicted molar refractivity (Wildman–Crippen MR) is 49.5 cm³/mol. The summed E-state index contributed by atoms with van der Waals surface area (Å²) in [6.07, 6.45) is 2.48. The number of hydrogen-bond donors (Lipinski definition) is 1. The van der Waals surface area contributed by atoms with Gasteiger partial charge in [-0.1, -0.05) is 5.21 Å². The Morgan fingerprint density at radius 3 is 3.00 bits per heavy atom. The summed E-state index contributed by atoms with van der Waals surface area (Å²) in [5.74, 6) is -0.0777. The molecule has 0 unspecified atom stereocenters. The van der Waals surface area contributed by atoms with E-state index < -0.39 is 0 Å².